The van der Waals surface area contributed by atoms with Gasteiger partial charge in [-0.05, 0) is 16.5 Å². The van der Waals surface area contributed by atoms with Crippen LogP contribution >= 0.6 is 15.9 Å². The summed E-state index contributed by atoms with van der Waals surface area (Å²) in [5, 5.41) is 0.749. The summed E-state index contributed by atoms with van der Waals surface area (Å²) in [6.45, 7) is 6.57. The highest BCUT2D eigenvalue weighted by molar-refractivity contribution is 9.08. The third-order valence-electron chi connectivity index (χ3n) is 3.99. The zero-order valence-electron chi connectivity index (χ0n) is 14.5. The normalized spacial score (nSPS) is 13.0. The van der Waals surface area contributed by atoms with Gasteiger partial charge in [-0.25, -0.2) is 0 Å². The van der Waals surface area contributed by atoms with Crippen molar-refractivity contribution in [2.75, 3.05) is 14.2 Å². The van der Waals surface area contributed by atoms with Crippen molar-refractivity contribution in [2.24, 2.45) is 5.41 Å². The fourth-order valence-electron chi connectivity index (χ4n) is 3.03. The van der Waals surface area contributed by atoms with Crippen LogP contribution in [-0.4, -0.2) is 14.2 Å². The van der Waals surface area contributed by atoms with Gasteiger partial charge in [0.25, 0.3) is 0 Å². The van der Waals surface area contributed by atoms with Crippen LogP contribution in [0, 0.1) is 5.41 Å². The number of benzene rings is 2. The Balaban J connectivity index is 2.77. The lowest BCUT2D eigenvalue weighted by Crippen LogP contribution is -2.22. The molecule has 0 fully saturated rings. The molecule has 0 aliphatic rings. The lowest BCUT2D eigenvalue weighted by atomic mass is 9.80. The van der Waals surface area contributed by atoms with Gasteiger partial charge in [0, 0.05) is 23.6 Å². The summed E-state index contributed by atoms with van der Waals surface area (Å²) in [6, 6.07) is 14.7. The van der Waals surface area contributed by atoms with Crippen molar-refractivity contribution in [2.45, 2.75) is 32.2 Å². The minimum Gasteiger partial charge on any atom is -0.496 e. The fourth-order valence-corrected chi connectivity index (χ4v) is 3.47. The molecule has 0 amide bonds. The van der Waals surface area contributed by atoms with Crippen LogP contribution in [0.2, 0.25) is 0 Å². The van der Waals surface area contributed by atoms with Gasteiger partial charge in [-0.15, -0.1) is 0 Å². The summed E-state index contributed by atoms with van der Waals surface area (Å²) in [4.78, 5) is 0. The van der Waals surface area contributed by atoms with Gasteiger partial charge >= 0.3 is 0 Å². The van der Waals surface area contributed by atoms with E-state index < -0.39 is 0 Å². The van der Waals surface area contributed by atoms with Crippen LogP contribution in [0.5, 0.6) is 5.75 Å². The maximum absolute atomic E-state index is 5.91. The molecule has 2 aromatic rings. The number of hydrogen-bond donors (Lipinski definition) is 0. The Kier molecular flexibility index (Phi) is 5.88. The number of halogens is 1. The smallest absolute Gasteiger partial charge is 0.129 e. The molecule has 0 aliphatic heterocycles. The van der Waals surface area contributed by atoms with Crippen LogP contribution in [-0.2, 0) is 10.1 Å². The summed E-state index contributed by atoms with van der Waals surface area (Å²) in [7, 11) is 3.50. The van der Waals surface area contributed by atoms with Crippen LogP contribution < -0.4 is 4.74 Å². The fraction of sp³-hybridized carbons (Fsp3) is 0.400. The lowest BCUT2D eigenvalue weighted by Gasteiger charge is -2.33. The van der Waals surface area contributed by atoms with E-state index in [1.165, 1.54) is 5.56 Å². The molecule has 0 aromatic heterocycles. The average molecular weight is 377 g/mol. The van der Waals surface area contributed by atoms with Crippen molar-refractivity contribution >= 4 is 15.9 Å². The maximum atomic E-state index is 5.91. The Hall–Kier alpha value is -1.32. The molecule has 0 saturated carbocycles. The van der Waals surface area contributed by atoms with Crippen molar-refractivity contribution in [1.29, 1.82) is 0 Å². The SMILES string of the molecule is COc1c(CBr)ccc(-c2ccccc2)c1[C@@H](OC)C(C)(C)C. The monoisotopic (exact) mass is 376 g/mol. The molecule has 23 heavy (non-hydrogen) atoms. The molecule has 2 rings (SSSR count). The maximum Gasteiger partial charge on any atom is 0.129 e. The van der Waals surface area contributed by atoms with Crippen LogP contribution in [0.25, 0.3) is 11.1 Å². The van der Waals surface area contributed by atoms with E-state index in [0.717, 1.165) is 27.8 Å². The molecule has 3 heteroatoms. The second-order valence-electron chi connectivity index (χ2n) is 6.70. The number of hydrogen-bond acceptors (Lipinski definition) is 2. The summed E-state index contributed by atoms with van der Waals surface area (Å²) in [5.74, 6) is 0.907. The van der Waals surface area contributed by atoms with Crippen molar-refractivity contribution in [1.82, 2.24) is 0 Å². The van der Waals surface area contributed by atoms with Crippen molar-refractivity contribution in [3.63, 3.8) is 0 Å². The van der Waals surface area contributed by atoms with Crippen molar-refractivity contribution in [3.8, 4) is 16.9 Å². The number of ether oxygens (including phenoxy) is 2. The molecule has 0 saturated heterocycles. The van der Waals surface area contributed by atoms with E-state index in [1.54, 1.807) is 14.2 Å². The highest BCUT2D eigenvalue weighted by Crippen LogP contribution is 2.46. The molecule has 0 unspecified atom stereocenters. The molecule has 2 nitrogen and oxygen atoms in total. The number of methoxy groups -OCH3 is 2. The first kappa shape index (κ1) is 18.0. The Morgan fingerprint density at radius 2 is 1.65 bits per heavy atom. The van der Waals surface area contributed by atoms with Gasteiger partial charge < -0.3 is 9.47 Å². The average Bonchev–Trinajstić information content (AvgIpc) is 2.54. The van der Waals surface area contributed by atoms with E-state index in [-0.39, 0.29) is 11.5 Å². The van der Waals surface area contributed by atoms with Gasteiger partial charge in [-0.1, -0.05) is 79.2 Å². The second-order valence-corrected chi connectivity index (χ2v) is 7.26. The molecular formula is C20H25BrO2. The Morgan fingerprint density at radius 1 is 1.00 bits per heavy atom. The molecule has 0 radical (unpaired) electrons. The number of alkyl halides is 1. The molecule has 0 bridgehead atoms. The van der Waals surface area contributed by atoms with Gasteiger partial charge in [-0.3, -0.25) is 0 Å². The second kappa shape index (κ2) is 7.50. The van der Waals surface area contributed by atoms with E-state index in [4.69, 9.17) is 9.47 Å². The summed E-state index contributed by atoms with van der Waals surface area (Å²) < 4.78 is 11.7. The lowest BCUT2D eigenvalue weighted by molar-refractivity contribution is 0.0139. The van der Waals surface area contributed by atoms with Crippen LogP contribution in [0.15, 0.2) is 42.5 Å². The molecule has 0 spiro atoms. The molecular weight excluding hydrogens is 352 g/mol. The Labute approximate surface area is 148 Å². The van der Waals surface area contributed by atoms with Gasteiger partial charge in [0.1, 0.15) is 5.75 Å². The zero-order valence-corrected chi connectivity index (χ0v) is 16.1. The van der Waals surface area contributed by atoms with Gasteiger partial charge in [-0.2, -0.15) is 0 Å². The van der Waals surface area contributed by atoms with Crippen LogP contribution in [0.1, 0.15) is 38.0 Å². The van der Waals surface area contributed by atoms with Crippen molar-refractivity contribution < 1.29 is 9.47 Å². The first-order valence-corrected chi connectivity index (χ1v) is 8.90. The third kappa shape index (κ3) is 3.78. The highest BCUT2D eigenvalue weighted by atomic mass is 79.9. The predicted molar refractivity (Wildman–Crippen MR) is 100 cm³/mol. The topological polar surface area (TPSA) is 18.5 Å². The highest BCUT2D eigenvalue weighted by Gasteiger charge is 2.32. The van der Waals surface area contributed by atoms with Crippen LogP contribution in [0.3, 0.4) is 0 Å². The van der Waals surface area contributed by atoms with E-state index >= 15 is 0 Å². The standard InChI is InChI=1S/C20H25BrO2/c1-20(2,3)19(23-5)17-16(14-9-7-6-8-10-14)12-11-15(13-21)18(17)22-4/h6-12,19H,13H2,1-5H3/t19-/m1/s1. The molecule has 0 N–H and O–H groups in total. The molecule has 0 aliphatic carbocycles. The van der Waals surface area contributed by atoms with Crippen molar-refractivity contribution in [3.05, 3.63) is 53.6 Å². The summed E-state index contributed by atoms with van der Waals surface area (Å²) in [6.07, 6.45) is -0.0633. The third-order valence-corrected chi connectivity index (χ3v) is 4.60. The van der Waals surface area contributed by atoms with Gasteiger partial charge in [0.15, 0.2) is 0 Å². The summed E-state index contributed by atoms with van der Waals surface area (Å²) in [5.41, 5.74) is 4.54. The molecule has 124 valence electrons. The predicted octanol–water partition coefficient (Wildman–Crippen LogP) is 5.99. The van der Waals surface area contributed by atoms with Gasteiger partial charge in [0.05, 0.1) is 13.2 Å². The first-order valence-electron chi connectivity index (χ1n) is 7.78. The number of rotatable bonds is 5. The van der Waals surface area contributed by atoms with Crippen LogP contribution in [0.4, 0.5) is 0 Å². The minimum atomic E-state index is -0.0633. The first-order chi connectivity index (χ1) is 10.9. The van der Waals surface area contributed by atoms with E-state index in [9.17, 15) is 0 Å². The quantitative estimate of drug-likeness (QED) is 0.596. The Bertz CT molecular complexity index is 645. The van der Waals surface area contributed by atoms with E-state index in [2.05, 4.69) is 73.1 Å². The van der Waals surface area contributed by atoms with E-state index in [1.807, 2.05) is 6.07 Å². The molecule has 0 heterocycles. The molecule has 1 atom stereocenters. The minimum absolute atomic E-state index is 0.0451. The largest absolute Gasteiger partial charge is 0.496 e. The Morgan fingerprint density at radius 3 is 2.13 bits per heavy atom. The van der Waals surface area contributed by atoms with E-state index in [0.29, 0.717) is 0 Å². The molecule has 2 aromatic carbocycles. The summed E-state index contributed by atoms with van der Waals surface area (Å²) >= 11 is 3.56. The van der Waals surface area contributed by atoms with Gasteiger partial charge in [0.2, 0.25) is 0 Å². The zero-order chi connectivity index (χ0) is 17.0.